The van der Waals surface area contributed by atoms with Crippen molar-refractivity contribution in [2.24, 2.45) is 0 Å². The Labute approximate surface area is 110 Å². The van der Waals surface area contributed by atoms with Gasteiger partial charge in [0.1, 0.15) is 5.75 Å². The minimum atomic E-state index is 0.725. The van der Waals surface area contributed by atoms with Gasteiger partial charge in [-0.25, -0.2) is 0 Å². The third kappa shape index (κ3) is 1.76. The fraction of sp³-hybridized carbons (Fsp3) is 0.125. The molecule has 0 spiro atoms. The molecule has 2 aromatic carbocycles. The summed E-state index contributed by atoms with van der Waals surface area (Å²) in [5.41, 5.74) is 5.25. The lowest BCUT2D eigenvalue weighted by atomic mass is 10.1. The Morgan fingerprint density at radius 2 is 1.94 bits per heavy atom. The van der Waals surface area contributed by atoms with Crippen LogP contribution in [0.1, 0.15) is 18.1 Å². The Kier molecular flexibility index (Phi) is 2.72. The number of ether oxygens (including phenoxy) is 1. The van der Waals surface area contributed by atoms with Crippen LogP contribution in [0.5, 0.6) is 5.75 Å². The maximum atomic E-state index is 5.80. The van der Waals surface area contributed by atoms with Gasteiger partial charge in [0.25, 0.3) is 0 Å². The van der Waals surface area contributed by atoms with E-state index in [0.29, 0.717) is 0 Å². The summed E-state index contributed by atoms with van der Waals surface area (Å²) >= 11 is 0. The van der Waals surface area contributed by atoms with E-state index in [9.17, 15) is 0 Å². The fourth-order valence-corrected chi connectivity index (χ4v) is 2.83. The molecule has 0 amide bonds. The number of rotatable bonds is 2. The monoisotopic (exact) mass is 254 g/mol. The van der Waals surface area contributed by atoms with Gasteiger partial charge in [-0.05, 0) is 23.6 Å². The highest BCUT2D eigenvalue weighted by molar-refractivity contribution is 7.27. The van der Waals surface area contributed by atoms with Crippen LogP contribution in [0.3, 0.4) is 0 Å². The molecule has 0 aromatic heterocycles. The molecule has 0 N–H and O–H groups in total. The SMILES string of the molecule is C=C(C)Oc1c(P)ccc2c1Cc1ccccc1-2. The quantitative estimate of drug-likeness (QED) is 0.501. The number of fused-ring (bicyclic) bond motifs is 3. The zero-order valence-corrected chi connectivity index (χ0v) is 11.5. The van der Waals surface area contributed by atoms with E-state index in [1.54, 1.807) is 0 Å². The lowest BCUT2D eigenvalue weighted by Gasteiger charge is -2.13. The molecule has 1 aliphatic rings. The maximum Gasteiger partial charge on any atom is 0.138 e. The lowest BCUT2D eigenvalue weighted by Crippen LogP contribution is -2.04. The third-order valence-corrected chi connectivity index (χ3v) is 3.70. The van der Waals surface area contributed by atoms with E-state index in [2.05, 4.69) is 52.2 Å². The van der Waals surface area contributed by atoms with E-state index in [-0.39, 0.29) is 0 Å². The standard InChI is InChI=1S/C16H15OP/c1-10(2)17-16-14-9-11-5-3-4-6-12(11)13(14)7-8-15(16)18/h3-8H,1,9,18H2,2H3. The van der Waals surface area contributed by atoms with Crippen LogP contribution in [-0.4, -0.2) is 0 Å². The largest absolute Gasteiger partial charge is 0.462 e. The van der Waals surface area contributed by atoms with E-state index in [4.69, 9.17) is 4.74 Å². The second-order valence-corrected chi connectivity index (χ2v) is 5.27. The first-order valence-corrected chi connectivity index (χ1v) is 6.57. The van der Waals surface area contributed by atoms with Crippen molar-refractivity contribution in [1.29, 1.82) is 0 Å². The minimum Gasteiger partial charge on any atom is -0.462 e. The zero-order chi connectivity index (χ0) is 12.7. The summed E-state index contributed by atoms with van der Waals surface area (Å²) in [6, 6.07) is 12.8. The molecule has 1 atom stereocenters. The van der Waals surface area contributed by atoms with Gasteiger partial charge in [-0.1, -0.05) is 43.0 Å². The Hall–Kier alpha value is -1.59. The molecule has 2 aromatic rings. The van der Waals surface area contributed by atoms with E-state index in [1.165, 1.54) is 22.3 Å². The van der Waals surface area contributed by atoms with Crippen LogP contribution in [-0.2, 0) is 6.42 Å². The average molecular weight is 254 g/mol. The van der Waals surface area contributed by atoms with Crippen LogP contribution >= 0.6 is 9.24 Å². The van der Waals surface area contributed by atoms with Crippen LogP contribution in [0.2, 0.25) is 0 Å². The highest BCUT2D eigenvalue weighted by Crippen LogP contribution is 2.41. The van der Waals surface area contributed by atoms with Gasteiger partial charge in [0, 0.05) is 17.3 Å². The van der Waals surface area contributed by atoms with Crippen molar-refractivity contribution in [3.8, 4) is 16.9 Å². The molecular formula is C16H15OP. The molecule has 0 saturated carbocycles. The second kappa shape index (κ2) is 4.26. The number of hydrogen-bond acceptors (Lipinski definition) is 1. The predicted octanol–water partition coefficient (Wildman–Crippen LogP) is 3.67. The molecule has 18 heavy (non-hydrogen) atoms. The van der Waals surface area contributed by atoms with Crippen molar-refractivity contribution < 1.29 is 4.74 Å². The van der Waals surface area contributed by atoms with Crippen LogP contribution in [0.25, 0.3) is 11.1 Å². The molecule has 0 saturated heterocycles. The molecule has 90 valence electrons. The van der Waals surface area contributed by atoms with Crippen molar-refractivity contribution in [2.45, 2.75) is 13.3 Å². The second-order valence-electron chi connectivity index (χ2n) is 4.65. The smallest absolute Gasteiger partial charge is 0.138 e. The van der Waals surface area contributed by atoms with E-state index >= 15 is 0 Å². The lowest BCUT2D eigenvalue weighted by molar-refractivity contribution is 0.430. The predicted molar refractivity (Wildman–Crippen MR) is 79.5 cm³/mol. The van der Waals surface area contributed by atoms with E-state index in [1.807, 2.05) is 6.92 Å². The van der Waals surface area contributed by atoms with Crippen molar-refractivity contribution in [1.82, 2.24) is 0 Å². The van der Waals surface area contributed by atoms with Gasteiger partial charge in [-0.2, -0.15) is 0 Å². The Balaban J connectivity index is 2.19. The molecule has 1 unspecified atom stereocenters. The average Bonchev–Trinajstić information content (AvgIpc) is 2.71. The van der Waals surface area contributed by atoms with Gasteiger partial charge >= 0.3 is 0 Å². The summed E-state index contributed by atoms with van der Waals surface area (Å²) in [6.07, 6.45) is 0.941. The van der Waals surface area contributed by atoms with Gasteiger partial charge < -0.3 is 4.74 Å². The molecule has 0 bridgehead atoms. The highest BCUT2D eigenvalue weighted by atomic mass is 31.0. The van der Waals surface area contributed by atoms with Crippen molar-refractivity contribution in [3.05, 3.63) is 59.9 Å². The molecule has 2 heteroatoms. The summed E-state index contributed by atoms with van der Waals surface area (Å²) in [5.74, 6) is 1.67. The van der Waals surface area contributed by atoms with Crippen molar-refractivity contribution >= 4 is 14.5 Å². The molecule has 0 radical (unpaired) electrons. The highest BCUT2D eigenvalue weighted by Gasteiger charge is 2.22. The molecule has 1 aliphatic carbocycles. The Morgan fingerprint density at radius 1 is 1.17 bits per heavy atom. The van der Waals surface area contributed by atoms with Crippen LogP contribution in [0.4, 0.5) is 0 Å². The molecule has 0 aliphatic heterocycles. The minimum absolute atomic E-state index is 0.725. The number of hydrogen-bond donors (Lipinski definition) is 0. The summed E-state index contributed by atoms with van der Waals surface area (Å²) in [6.45, 7) is 5.72. The first-order valence-electron chi connectivity index (χ1n) is 6.00. The summed E-state index contributed by atoms with van der Waals surface area (Å²) < 4.78 is 5.80. The Bertz CT molecular complexity index is 644. The van der Waals surface area contributed by atoms with E-state index in [0.717, 1.165) is 23.2 Å². The van der Waals surface area contributed by atoms with Gasteiger partial charge in [-0.3, -0.25) is 0 Å². The third-order valence-electron chi connectivity index (χ3n) is 3.24. The van der Waals surface area contributed by atoms with Gasteiger partial charge in [0.2, 0.25) is 0 Å². The van der Waals surface area contributed by atoms with Crippen molar-refractivity contribution in [3.63, 3.8) is 0 Å². The molecule has 1 nitrogen and oxygen atoms in total. The summed E-state index contributed by atoms with van der Waals surface area (Å²) in [7, 11) is 2.74. The molecular weight excluding hydrogens is 239 g/mol. The zero-order valence-electron chi connectivity index (χ0n) is 10.4. The van der Waals surface area contributed by atoms with E-state index < -0.39 is 0 Å². The van der Waals surface area contributed by atoms with Gasteiger partial charge in [0.15, 0.2) is 0 Å². The Morgan fingerprint density at radius 3 is 2.72 bits per heavy atom. The summed E-state index contributed by atoms with van der Waals surface area (Å²) in [4.78, 5) is 0. The topological polar surface area (TPSA) is 9.23 Å². The van der Waals surface area contributed by atoms with Crippen LogP contribution in [0.15, 0.2) is 48.7 Å². The normalized spacial score (nSPS) is 11.9. The van der Waals surface area contributed by atoms with Gasteiger partial charge in [-0.15, -0.1) is 9.24 Å². The molecule has 0 heterocycles. The fourth-order valence-electron chi connectivity index (χ4n) is 2.50. The van der Waals surface area contributed by atoms with Crippen molar-refractivity contribution in [2.75, 3.05) is 0 Å². The molecule has 3 rings (SSSR count). The molecule has 0 fully saturated rings. The summed E-state index contributed by atoms with van der Waals surface area (Å²) in [5, 5.41) is 1.09. The number of benzene rings is 2. The number of allylic oxidation sites excluding steroid dienone is 1. The van der Waals surface area contributed by atoms with Crippen LogP contribution < -0.4 is 10.0 Å². The first kappa shape index (κ1) is 11.5. The first-order chi connectivity index (χ1) is 8.66. The maximum absolute atomic E-state index is 5.80. The van der Waals surface area contributed by atoms with Gasteiger partial charge in [0.05, 0.1) is 5.76 Å². The van der Waals surface area contributed by atoms with Crippen LogP contribution in [0, 0.1) is 0 Å².